The summed E-state index contributed by atoms with van der Waals surface area (Å²) in [6, 6.07) is 0. The van der Waals surface area contributed by atoms with E-state index < -0.39 is 15.6 Å². The van der Waals surface area contributed by atoms with Gasteiger partial charge in [-0.25, -0.2) is 0 Å². The molecule has 0 aromatic carbocycles. The number of allylic oxidation sites excluding steroid dienone is 1. The average molecular weight is 274 g/mol. The van der Waals surface area contributed by atoms with Crippen LogP contribution in [0, 0.1) is 0 Å². The summed E-state index contributed by atoms with van der Waals surface area (Å²) in [5.41, 5.74) is -5.40. The molecule has 17 heavy (non-hydrogen) atoms. The number of ether oxygens (including phenoxy) is 1. The van der Waals surface area contributed by atoms with Crippen LogP contribution in [0.3, 0.4) is 0 Å². The highest BCUT2D eigenvalue weighted by Gasteiger charge is 2.48. The molecule has 0 aliphatic heterocycles. The number of hydrogen-bond acceptors (Lipinski definition) is 4. The highest BCUT2D eigenvalue weighted by atomic mass is 32.2. The van der Waals surface area contributed by atoms with Gasteiger partial charge in [-0.1, -0.05) is 0 Å². The first kappa shape index (κ1) is 14.3. The van der Waals surface area contributed by atoms with E-state index in [0.717, 1.165) is 6.42 Å². The van der Waals surface area contributed by atoms with Gasteiger partial charge in [0.2, 0.25) is 0 Å². The predicted octanol–water partition coefficient (Wildman–Crippen LogP) is 2.33. The fourth-order valence-corrected chi connectivity index (χ4v) is 1.99. The van der Waals surface area contributed by atoms with Crippen molar-refractivity contribution < 1.29 is 30.5 Å². The number of hydrogen-bond donors (Lipinski definition) is 0. The molecule has 0 N–H and O–H groups in total. The van der Waals surface area contributed by atoms with Crippen LogP contribution in [0.15, 0.2) is 11.8 Å². The SMILES string of the molecule is COC1CCCC=C(OS(=O)(=O)C(F)(F)F)C1. The van der Waals surface area contributed by atoms with Gasteiger partial charge in [-0.2, -0.15) is 21.6 Å². The van der Waals surface area contributed by atoms with Crippen molar-refractivity contribution in [1.82, 2.24) is 0 Å². The minimum Gasteiger partial charge on any atom is -0.381 e. The Morgan fingerprint density at radius 1 is 1.41 bits per heavy atom. The van der Waals surface area contributed by atoms with Gasteiger partial charge in [0.15, 0.2) is 0 Å². The Balaban J connectivity index is 2.77. The van der Waals surface area contributed by atoms with Gasteiger partial charge in [0, 0.05) is 13.5 Å². The summed E-state index contributed by atoms with van der Waals surface area (Å²) in [5, 5.41) is 0. The zero-order valence-electron chi connectivity index (χ0n) is 9.16. The standard InChI is InChI=1S/C9H13F3O4S/c1-15-7-4-2-3-5-8(6-7)16-17(13,14)9(10,11)12/h5,7H,2-4,6H2,1H3. The Morgan fingerprint density at radius 2 is 2.06 bits per heavy atom. The van der Waals surface area contributed by atoms with Crippen LogP contribution in [0.2, 0.25) is 0 Å². The second-order valence-corrected chi connectivity index (χ2v) is 5.18. The van der Waals surface area contributed by atoms with Crippen molar-refractivity contribution in [3.05, 3.63) is 11.8 Å². The molecule has 8 heteroatoms. The lowest BCUT2D eigenvalue weighted by Crippen LogP contribution is -2.26. The van der Waals surface area contributed by atoms with Crippen molar-refractivity contribution in [3.8, 4) is 0 Å². The fraction of sp³-hybridized carbons (Fsp3) is 0.778. The highest BCUT2D eigenvalue weighted by molar-refractivity contribution is 7.87. The number of methoxy groups -OCH3 is 1. The summed E-state index contributed by atoms with van der Waals surface area (Å²) in [4.78, 5) is 0. The van der Waals surface area contributed by atoms with Crippen molar-refractivity contribution in [2.45, 2.75) is 37.3 Å². The van der Waals surface area contributed by atoms with E-state index in [1.54, 1.807) is 0 Å². The summed E-state index contributed by atoms with van der Waals surface area (Å²) in [7, 11) is -4.15. The Bertz CT molecular complexity index is 386. The van der Waals surface area contributed by atoms with E-state index in [2.05, 4.69) is 4.18 Å². The molecule has 0 saturated heterocycles. The van der Waals surface area contributed by atoms with Crippen molar-refractivity contribution >= 4 is 10.1 Å². The maximum Gasteiger partial charge on any atom is 0.534 e. The van der Waals surface area contributed by atoms with Crippen LogP contribution in [0.5, 0.6) is 0 Å². The molecule has 1 aliphatic rings. The smallest absolute Gasteiger partial charge is 0.381 e. The van der Waals surface area contributed by atoms with Gasteiger partial charge < -0.3 is 8.92 Å². The van der Waals surface area contributed by atoms with Crippen molar-refractivity contribution in [1.29, 1.82) is 0 Å². The first-order valence-electron chi connectivity index (χ1n) is 4.99. The molecule has 0 bridgehead atoms. The van der Waals surface area contributed by atoms with Crippen LogP contribution in [0.25, 0.3) is 0 Å². The molecule has 4 nitrogen and oxygen atoms in total. The molecule has 0 saturated carbocycles. The molecular formula is C9H13F3O4S. The molecule has 0 aromatic rings. The van der Waals surface area contributed by atoms with Gasteiger partial charge in [-0.05, 0) is 25.3 Å². The molecule has 0 fully saturated rings. The summed E-state index contributed by atoms with van der Waals surface area (Å²) in [6.07, 6.45) is 2.94. The minimum absolute atomic E-state index is 0.0335. The van der Waals surface area contributed by atoms with E-state index in [9.17, 15) is 21.6 Å². The molecule has 0 spiro atoms. The van der Waals surface area contributed by atoms with Crippen molar-refractivity contribution in [2.24, 2.45) is 0 Å². The number of rotatable bonds is 3. The van der Waals surface area contributed by atoms with Crippen molar-refractivity contribution in [3.63, 3.8) is 0 Å². The lowest BCUT2D eigenvalue weighted by atomic mass is 10.1. The number of halogens is 3. The molecule has 0 aromatic heterocycles. The lowest BCUT2D eigenvalue weighted by molar-refractivity contribution is -0.0527. The molecule has 0 amide bonds. The molecule has 1 atom stereocenters. The fourth-order valence-electron chi connectivity index (χ4n) is 1.48. The summed E-state index contributed by atoms with van der Waals surface area (Å²) in [6.45, 7) is 0. The quantitative estimate of drug-likeness (QED) is 0.585. The van der Waals surface area contributed by atoms with E-state index >= 15 is 0 Å². The molecule has 0 radical (unpaired) electrons. The molecule has 0 heterocycles. The van der Waals surface area contributed by atoms with E-state index in [-0.39, 0.29) is 18.3 Å². The Kier molecular flexibility index (Phi) is 4.42. The summed E-state index contributed by atoms with van der Waals surface area (Å²) in [5.74, 6) is -0.202. The molecular weight excluding hydrogens is 261 g/mol. The van der Waals surface area contributed by atoms with Crippen LogP contribution in [-0.2, 0) is 19.0 Å². The number of alkyl halides is 3. The first-order valence-corrected chi connectivity index (χ1v) is 6.39. The molecule has 1 aliphatic carbocycles. The normalized spacial score (nSPS) is 22.8. The van der Waals surface area contributed by atoms with E-state index in [1.807, 2.05) is 0 Å². The summed E-state index contributed by atoms with van der Waals surface area (Å²) < 4.78 is 67.0. The monoisotopic (exact) mass is 274 g/mol. The van der Waals surface area contributed by atoms with E-state index in [1.165, 1.54) is 13.2 Å². The third-order valence-corrected chi connectivity index (χ3v) is 3.37. The maximum absolute atomic E-state index is 12.1. The Hall–Kier alpha value is -0.760. The largest absolute Gasteiger partial charge is 0.534 e. The minimum atomic E-state index is -5.57. The van der Waals surface area contributed by atoms with Gasteiger partial charge in [-0.15, -0.1) is 0 Å². The Labute approximate surface area is 97.5 Å². The second-order valence-electron chi connectivity index (χ2n) is 3.65. The van der Waals surface area contributed by atoms with Crippen LogP contribution in [0.4, 0.5) is 13.2 Å². The van der Waals surface area contributed by atoms with Crippen LogP contribution < -0.4 is 0 Å². The summed E-state index contributed by atoms with van der Waals surface area (Å²) >= 11 is 0. The predicted molar refractivity (Wildman–Crippen MR) is 53.4 cm³/mol. The van der Waals surface area contributed by atoms with Crippen LogP contribution in [0.1, 0.15) is 25.7 Å². The molecule has 1 rings (SSSR count). The van der Waals surface area contributed by atoms with Crippen LogP contribution in [-0.4, -0.2) is 27.1 Å². The zero-order chi connectivity index (χ0) is 13.1. The zero-order valence-corrected chi connectivity index (χ0v) is 9.97. The average Bonchev–Trinajstić information content (AvgIpc) is 2.40. The molecule has 1 unspecified atom stereocenters. The maximum atomic E-state index is 12.1. The van der Waals surface area contributed by atoms with Gasteiger partial charge in [0.25, 0.3) is 0 Å². The molecule has 100 valence electrons. The topological polar surface area (TPSA) is 52.6 Å². The van der Waals surface area contributed by atoms with E-state index in [4.69, 9.17) is 4.74 Å². The van der Waals surface area contributed by atoms with E-state index in [0.29, 0.717) is 12.8 Å². The van der Waals surface area contributed by atoms with Gasteiger partial charge in [0.05, 0.1) is 6.10 Å². The van der Waals surface area contributed by atoms with Gasteiger partial charge >= 0.3 is 15.6 Å². The lowest BCUT2D eigenvalue weighted by Gasteiger charge is -2.15. The third-order valence-electron chi connectivity index (χ3n) is 2.36. The highest BCUT2D eigenvalue weighted by Crippen LogP contribution is 2.29. The van der Waals surface area contributed by atoms with Crippen LogP contribution >= 0.6 is 0 Å². The van der Waals surface area contributed by atoms with Gasteiger partial charge in [0.1, 0.15) is 5.76 Å². The van der Waals surface area contributed by atoms with Crippen molar-refractivity contribution in [2.75, 3.05) is 7.11 Å². The first-order chi connectivity index (χ1) is 7.76. The third kappa shape index (κ3) is 3.88. The van der Waals surface area contributed by atoms with Gasteiger partial charge in [-0.3, -0.25) is 0 Å². The Morgan fingerprint density at radius 3 is 2.59 bits per heavy atom. The second kappa shape index (κ2) is 5.26.